The van der Waals surface area contributed by atoms with Crippen LogP contribution in [-0.4, -0.2) is 194 Å². The molecule has 0 fully saturated rings. The summed E-state index contributed by atoms with van der Waals surface area (Å²) in [5, 5.41) is 209. The Kier molecular flexibility index (Phi) is 21.1. The highest BCUT2D eigenvalue weighted by Crippen LogP contribution is 2.67. The molecule has 133 heavy (non-hydrogen) atoms. The average molecular weight is 1820 g/mol. The third-order valence-corrected chi connectivity index (χ3v) is 25.9. The molecule has 3 spiro atoms. The van der Waals surface area contributed by atoms with E-state index in [-0.39, 0.29) is 96.7 Å². The Bertz CT molecular complexity index is 7130. The lowest BCUT2D eigenvalue weighted by Gasteiger charge is -2.52. The minimum atomic E-state index is -2.96. The van der Waals surface area contributed by atoms with E-state index in [1.54, 1.807) is 39.0 Å². The van der Waals surface area contributed by atoms with Crippen molar-refractivity contribution in [2.75, 3.05) is 21.3 Å². The number of hydrogen-bond donors (Lipinski definition) is 19. The highest BCUT2D eigenvalue weighted by atomic mass is 16.6. The summed E-state index contributed by atoms with van der Waals surface area (Å²) in [4.78, 5) is 160. The number of esters is 5. The largest absolute Gasteiger partial charge is 0.507 e. The topological polar surface area (TPSA) is 635 Å². The van der Waals surface area contributed by atoms with Crippen LogP contribution < -0.4 is 0 Å². The molecular weight excluding hydrogens is 1740 g/mol. The number of phenolic OH excluding ortho intramolecular Hbond substituents is 15. The van der Waals surface area contributed by atoms with Crippen LogP contribution in [0.3, 0.4) is 0 Å². The lowest BCUT2D eigenvalue weighted by molar-refractivity contribution is -0.172. The summed E-state index contributed by atoms with van der Waals surface area (Å²) >= 11 is 0. The van der Waals surface area contributed by atoms with Crippen LogP contribution in [0.2, 0.25) is 0 Å². The van der Waals surface area contributed by atoms with Gasteiger partial charge in [-0.1, -0.05) is 54.7 Å². The van der Waals surface area contributed by atoms with Crippen molar-refractivity contribution in [1.29, 1.82) is 0 Å². The highest BCUT2D eigenvalue weighted by Gasteiger charge is 2.72. The van der Waals surface area contributed by atoms with Gasteiger partial charge >= 0.3 is 29.8 Å². The number of aromatic hydroxyl groups is 15. The maximum atomic E-state index is 14.3. The van der Waals surface area contributed by atoms with Crippen LogP contribution in [0.25, 0.3) is 11.5 Å². The molecule has 12 aliphatic carbocycles. The van der Waals surface area contributed by atoms with Crippen molar-refractivity contribution in [3.05, 3.63) is 272 Å². The molecule has 36 nitrogen and oxygen atoms in total. The Morgan fingerprint density at radius 3 is 1.06 bits per heavy atom. The fourth-order valence-corrected chi connectivity index (χ4v) is 20.5. The Balaban J connectivity index is 0.000000145. The van der Waals surface area contributed by atoms with Gasteiger partial charge in [0.05, 0.1) is 106 Å². The van der Waals surface area contributed by atoms with Crippen LogP contribution in [0.4, 0.5) is 0 Å². The van der Waals surface area contributed by atoms with E-state index in [9.17, 15) is 155 Å². The zero-order chi connectivity index (χ0) is 96.7. The van der Waals surface area contributed by atoms with Gasteiger partial charge in [0.15, 0.2) is 23.0 Å². The smallest absolute Gasteiger partial charge is 0.342 e. The third-order valence-electron chi connectivity index (χ3n) is 25.9. The average Bonchev–Trinajstić information content (AvgIpc) is 1.59. The first kappa shape index (κ1) is 89.6. The number of carbonyl (C=O) groups excluding carboxylic acids is 12. The minimum Gasteiger partial charge on any atom is -0.507 e. The van der Waals surface area contributed by atoms with Crippen molar-refractivity contribution in [1.82, 2.24) is 0 Å². The van der Waals surface area contributed by atoms with Gasteiger partial charge in [-0.3, -0.25) is 43.2 Å². The van der Waals surface area contributed by atoms with Crippen molar-refractivity contribution in [3.63, 3.8) is 0 Å². The summed E-state index contributed by atoms with van der Waals surface area (Å²) in [7, 11) is 2.93. The van der Waals surface area contributed by atoms with Gasteiger partial charge in [-0.05, 0) is 152 Å². The molecule has 12 aliphatic rings. The predicted octanol–water partition coefficient (Wildman–Crippen LogP) is 9.75. The molecule has 0 saturated carbocycles. The lowest BCUT2D eigenvalue weighted by atomic mass is 9.53. The van der Waals surface area contributed by atoms with Crippen LogP contribution in [0.5, 0.6) is 86.2 Å². The predicted molar refractivity (Wildman–Crippen MR) is 453 cm³/mol. The van der Waals surface area contributed by atoms with E-state index in [2.05, 4.69) is 14.2 Å². The number of ether oxygens (including phenoxy) is 5. The Morgan fingerprint density at radius 1 is 0.353 bits per heavy atom. The molecule has 1 unspecified atom stereocenters. The molecule has 21 rings (SSSR count). The van der Waals surface area contributed by atoms with Crippen molar-refractivity contribution < 1.29 is 178 Å². The number of rotatable bonds is 11. The fourth-order valence-electron chi connectivity index (χ4n) is 20.5. The van der Waals surface area contributed by atoms with Gasteiger partial charge < -0.3 is 121 Å². The molecule has 0 amide bonds. The number of aliphatic hydroxyl groups is 4. The molecule has 680 valence electrons. The van der Waals surface area contributed by atoms with E-state index < -0.39 is 277 Å². The van der Waals surface area contributed by atoms with E-state index in [4.69, 9.17) is 9.47 Å². The van der Waals surface area contributed by atoms with Crippen LogP contribution >= 0.6 is 0 Å². The van der Waals surface area contributed by atoms with Crippen molar-refractivity contribution in [2.45, 2.75) is 95.5 Å². The fraction of sp³-hybridized carbons (Fsp3) is 0.216. The summed E-state index contributed by atoms with van der Waals surface area (Å²) in [5.41, 5.74) is -14.1. The normalized spacial score (nSPS) is 22.3. The van der Waals surface area contributed by atoms with Gasteiger partial charge in [0.2, 0.25) is 23.1 Å². The number of methoxy groups -OCH3 is 3. The number of fused-ring (bicyclic) bond motifs is 3. The van der Waals surface area contributed by atoms with Crippen molar-refractivity contribution in [3.8, 4) is 86.2 Å². The van der Waals surface area contributed by atoms with Crippen molar-refractivity contribution in [2.24, 2.45) is 16.2 Å². The number of aryl methyl sites for hydroxylation is 3. The Hall–Kier alpha value is -16.8. The molecule has 9 aromatic carbocycles. The zero-order valence-electron chi connectivity index (χ0n) is 70.6. The van der Waals surface area contributed by atoms with Gasteiger partial charge in [0, 0.05) is 41.7 Å². The van der Waals surface area contributed by atoms with E-state index in [1.807, 2.05) is 0 Å². The summed E-state index contributed by atoms with van der Waals surface area (Å²) in [6, 6.07) is 17.5. The molecule has 9 aromatic rings. The Morgan fingerprint density at radius 2 is 0.669 bits per heavy atom. The summed E-state index contributed by atoms with van der Waals surface area (Å²) in [5.74, 6) is -28.9. The monoisotopic (exact) mass is 1820 g/mol. The molecule has 6 bridgehead atoms. The van der Waals surface area contributed by atoms with Gasteiger partial charge in [-0.25, -0.2) is 14.4 Å². The van der Waals surface area contributed by atoms with Crippen LogP contribution in [0.15, 0.2) is 139 Å². The number of benzene rings is 9. The second kappa shape index (κ2) is 31.3. The summed E-state index contributed by atoms with van der Waals surface area (Å²) in [6.45, 7) is 7.23. The molecule has 0 aromatic heterocycles. The van der Waals surface area contributed by atoms with Crippen LogP contribution in [-0.2, 0) is 66.9 Å². The van der Waals surface area contributed by atoms with Gasteiger partial charge in [0.1, 0.15) is 143 Å². The SMILES string of the molecule is COC(=O)c1c(O)ccc(O)c1C(=O)c1c(O)cc2c(c1O)[C@@H]1C=C[C@@]3(C2)[C@@H](OC(C)=O)c2cc(C)cc(O)c2C(=O)C3(O)C1=O.COC(=O)c1c(O)ccc(O)c1C(=O)c1c(O)cc2c(c1O)[C@@H]1C=C[C@]3(C2)C(=C(O)c2c(O)cc(C)cc2[C@@H]3O)C1=O.COC(=O)c1c(O)ccc(O)c1C(=O)c1c(O)cc2c(c1O)[C@@H]1C=C[C@]3(C2)C(=C(O)c2c(O)cc(C)cc2[C@@H]3OC(C)=O)C1=O. The summed E-state index contributed by atoms with van der Waals surface area (Å²) < 4.78 is 25.3. The van der Waals surface area contributed by atoms with E-state index in [1.165, 1.54) is 61.6 Å². The molecule has 0 aliphatic heterocycles. The molecule has 0 heterocycles. The maximum Gasteiger partial charge on any atom is 0.342 e. The van der Waals surface area contributed by atoms with E-state index in [0.29, 0.717) is 16.7 Å². The summed E-state index contributed by atoms with van der Waals surface area (Å²) in [6.07, 6.45) is 3.47. The number of Topliss-reactive ketones (excluding diaryl/α,β-unsaturated/α-hetero) is 4. The number of carbonyl (C=O) groups is 12. The highest BCUT2D eigenvalue weighted by molar-refractivity contribution is 6.26. The molecule has 36 heteroatoms. The standard InChI is InChI=1S/C33H26O13.C33H26O12.C31H24O11/c1-12-8-16-22(19(37)9-12)29(42)33(44)28(41)15-6-7-32(33,30(16)46-13(2)34)11-14-10-20(38)25(26(39)21(14)15)27(40)23-17(35)4-5-18(36)24(23)31(43)45-3;1-12-8-16-22(19(37)9-12)30(42)26-27(39)15-6-7-33(26,31(16)45-13(2)34)11-14-10-20(38)25(28(40)21(14)15)29(41)23-17(35)4-5-18(36)24(23)32(43)44-3;1-11-7-14-20(17(34)8-11)28(39)24-25(36)13-5-6-31(24,29(14)40)10-12-9-18(35)23(26(37)19(12)13)27(38)21-15(32)3-4-16(33)22(21)30(41)42-2/h4-10,15,30,35-39,44H,11H2,1-3H3;4-10,15,31,35-38,40,42H,11H2,1-3H3;3-9,13,29,32-35,37,39-40H,10H2,1-2H3/t15-,30-,32+,33?;15-,31-,33-;13-,29-,31-/m000/s1. The molecular formula is C97H76O36. The van der Waals surface area contributed by atoms with E-state index >= 15 is 0 Å². The number of allylic oxidation sites excluding steroid dienone is 3. The van der Waals surface area contributed by atoms with Gasteiger partial charge in [-0.2, -0.15) is 0 Å². The first-order valence-corrected chi connectivity index (χ1v) is 40.3. The number of aliphatic hydroxyl groups excluding tert-OH is 3. The molecule has 0 saturated heterocycles. The number of phenols is 15. The van der Waals surface area contributed by atoms with Crippen LogP contribution in [0, 0.1) is 37.0 Å². The molecule has 10 atom stereocenters. The molecule has 0 radical (unpaired) electrons. The van der Waals surface area contributed by atoms with Gasteiger partial charge in [0.25, 0.3) is 0 Å². The first-order valence-electron chi connectivity index (χ1n) is 40.3. The second-order valence-corrected chi connectivity index (χ2v) is 33.5. The minimum absolute atomic E-state index is 0.00979. The second-order valence-electron chi connectivity index (χ2n) is 33.5. The zero-order valence-corrected chi connectivity index (χ0v) is 70.6. The maximum absolute atomic E-state index is 14.3. The molecule has 19 N–H and O–H groups in total. The van der Waals surface area contributed by atoms with Crippen LogP contribution in [0.1, 0.15) is 217 Å². The van der Waals surface area contributed by atoms with Gasteiger partial charge in [-0.15, -0.1) is 0 Å². The first-order chi connectivity index (χ1) is 62.7. The number of ketones is 7. The Labute approximate surface area is 748 Å². The number of hydrogen-bond acceptors (Lipinski definition) is 36. The lowest BCUT2D eigenvalue weighted by Crippen LogP contribution is -2.66. The van der Waals surface area contributed by atoms with E-state index in [0.717, 1.165) is 82.9 Å². The third kappa shape index (κ3) is 12.8. The van der Waals surface area contributed by atoms with Crippen molar-refractivity contribution >= 4 is 81.8 Å². The quantitative estimate of drug-likeness (QED) is 0.0143.